The van der Waals surface area contributed by atoms with Gasteiger partial charge in [0.05, 0.1) is 17.1 Å². The summed E-state index contributed by atoms with van der Waals surface area (Å²) in [6.45, 7) is 1.90. The van der Waals surface area contributed by atoms with Crippen LogP contribution in [0.15, 0.2) is 30.3 Å². The van der Waals surface area contributed by atoms with E-state index < -0.39 is 5.97 Å². The van der Waals surface area contributed by atoms with Crippen LogP contribution in [0.25, 0.3) is 0 Å². The number of halogens is 1. The number of aromatic nitrogens is 1. The summed E-state index contributed by atoms with van der Waals surface area (Å²) >= 11 is 6.09. The van der Waals surface area contributed by atoms with Crippen molar-refractivity contribution in [3.8, 4) is 0 Å². The Balaban J connectivity index is 2.39. The van der Waals surface area contributed by atoms with Crippen molar-refractivity contribution in [2.24, 2.45) is 7.05 Å². The van der Waals surface area contributed by atoms with E-state index in [0.717, 1.165) is 5.56 Å². The van der Waals surface area contributed by atoms with Crippen molar-refractivity contribution >= 4 is 23.4 Å². The minimum absolute atomic E-state index is 0.120. The number of carboxylic acids is 1. The molecule has 0 saturated heterocycles. The van der Waals surface area contributed by atoms with E-state index in [0.29, 0.717) is 22.0 Å². The average Bonchev–Trinajstić information content (AvgIpc) is 2.69. The maximum absolute atomic E-state index is 12.4. The van der Waals surface area contributed by atoms with Crippen LogP contribution in [-0.2, 0) is 18.3 Å². The first kappa shape index (κ1) is 14.3. The fraction of sp³-hybridized carbons (Fsp3) is 0.200. The number of carbonyl (C=O) groups is 2. The molecule has 20 heavy (non-hydrogen) atoms. The predicted molar refractivity (Wildman–Crippen MR) is 76.4 cm³/mol. The van der Waals surface area contributed by atoms with Gasteiger partial charge in [-0.05, 0) is 36.8 Å². The van der Waals surface area contributed by atoms with Crippen molar-refractivity contribution in [2.45, 2.75) is 13.3 Å². The van der Waals surface area contributed by atoms with Crippen molar-refractivity contribution < 1.29 is 14.7 Å². The zero-order chi connectivity index (χ0) is 14.9. The summed E-state index contributed by atoms with van der Waals surface area (Å²) in [6, 6.07) is 8.50. The van der Waals surface area contributed by atoms with E-state index >= 15 is 0 Å². The van der Waals surface area contributed by atoms with E-state index in [1.807, 2.05) is 13.0 Å². The third-order valence-electron chi connectivity index (χ3n) is 3.16. The lowest BCUT2D eigenvalue weighted by molar-refractivity contribution is -0.136. The molecule has 0 radical (unpaired) electrons. The molecule has 1 aromatic heterocycles. The Hall–Kier alpha value is -2.07. The van der Waals surface area contributed by atoms with Gasteiger partial charge in [0.2, 0.25) is 5.78 Å². The summed E-state index contributed by atoms with van der Waals surface area (Å²) in [4.78, 5) is 23.2. The molecular formula is C15H14ClNO3. The molecule has 0 fully saturated rings. The van der Waals surface area contributed by atoms with Crippen molar-refractivity contribution in [3.63, 3.8) is 0 Å². The molecule has 0 unspecified atom stereocenters. The SMILES string of the molecule is Cc1ccc(C(=O)c2ccc(CC(=O)O)n2C)c(Cl)c1. The Bertz CT molecular complexity index is 688. The summed E-state index contributed by atoms with van der Waals surface area (Å²) < 4.78 is 1.59. The fourth-order valence-electron chi connectivity index (χ4n) is 2.06. The van der Waals surface area contributed by atoms with Crippen LogP contribution in [0.2, 0.25) is 5.02 Å². The van der Waals surface area contributed by atoms with Gasteiger partial charge in [0, 0.05) is 18.3 Å². The molecular weight excluding hydrogens is 278 g/mol. The van der Waals surface area contributed by atoms with Gasteiger partial charge in [0.1, 0.15) is 0 Å². The van der Waals surface area contributed by atoms with Gasteiger partial charge in [0.25, 0.3) is 0 Å². The molecule has 0 spiro atoms. The Labute approximate surface area is 121 Å². The van der Waals surface area contributed by atoms with Gasteiger partial charge >= 0.3 is 5.97 Å². The molecule has 0 aliphatic heterocycles. The van der Waals surface area contributed by atoms with Crippen LogP contribution in [0.3, 0.4) is 0 Å². The highest BCUT2D eigenvalue weighted by molar-refractivity contribution is 6.35. The lowest BCUT2D eigenvalue weighted by atomic mass is 10.1. The summed E-state index contributed by atoms with van der Waals surface area (Å²) in [5.74, 6) is -1.15. The number of nitrogens with zero attached hydrogens (tertiary/aromatic N) is 1. The quantitative estimate of drug-likeness (QED) is 0.881. The summed E-state index contributed by atoms with van der Waals surface area (Å²) in [5.41, 5.74) is 2.39. The number of hydrogen-bond acceptors (Lipinski definition) is 2. The smallest absolute Gasteiger partial charge is 0.309 e. The van der Waals surface area contributed by atoms with Gasteiger partial charge < -0.3 is 9.67 Å². The third kappa shape index (κ3) is 2.75. The minimum Gasteiger partial charge on any atom is -0.481 e. The highest BCUT2D eigenvalue weighted by atomic mass is 35.5. The summed E-state index contributed by atoms with van der Waals surface area (Å²) in [5, 5.41) is 9.21. The monoisotopic (exact) mass is 291 g/mol. The van der Waals surface area contributed by atoms with Gasteiger partial charge in [-0.3, -0.25) is 9.59 Å². The fourth-order valence-corrected chi connectivity index (χ4v) is 2.38. The van der Waals surface area contributed by atoms with Crippen molar-refractivity contribution in [2.75, 3.05) is 0 Å². The van der Waals surface area contributed by atoms with E-state index in [4.69, 9.17) is 16.7 Å². The molecule has 0 saturated carbocycles. The van der Waals surface area contributed by atoms with E-state index in [-0.39, 0.29) is 12.2 Å². The maximum Gasteiger partial charge on any atom is 0.309 e. The Morgan fingerprint density at radius 1 is 1.25 bits per heavy atom. The molecule has 0 atom stereocenters. The molecule has 2 rings (SSSR count). The predicted octanol–water partition coefficient (Wildman–Crippen LogP) is 2.85. The number of carboxylic acid groups (broad SMARTS) is 1. The summed E-state index contributed by atoms with van der Waals surface area (Å²) in [7, 11) is 1.67. The highest BCUT2D eigenvalue weighted by Gasteiger charge is 2.18. The normalized spacial score (nSPS) is 10.6. The topological polar surface area (TPSA) is 59.3 Å². The molecule has 5 heteroatoms. The van der Waals surface area contributed by atoms with E-state index in [9.17, 15) is 9.59 Å². The first-order valence-electron chi connectivity index (χ1n) is 6.07. The Morgan fingerprint density at radius 2 is 1.95 bits per heavy atom. The Kier molecular flexibility index (Phi) is 3.95. The molecule has 0 aliphatic carbocycles. The zero-order valence-electron chi connectivity index (χ0n) is 11.2. The minimum atomic E-state index is -0.932. The molecule has 1 N–H and O–H groups in total. The number of benzene rings is 1. The molecule has 4 nitrogen and oxygen atoms in total. The Morgan fingerprint density at radius 3 is 2.55 bits per heavy atom. The second-order valence-corrected chi connectivity index (χ2v) is 5.06. The van der Waals surface area contributed by atoms with Crippen LogP contribution in [0.4, 0.5) is 0 Å². The molecule has 0 aliphatic rings. The van der Waals surface area contributed by atoms with Gasteiger partial charge in [-0.1, -0.05) is 17.7 Å². The number of hydrogen-bond donors (Lipinski definition) is 1. The average molecular weight is 292 g/mol. The van der Waals surface area contributed by atoms with Crippen LogP contribution < -0.4 is 0 Å². The molecule has 0 amide bonds. The molecule has 1 aromatic carbocycles. The van der Waals surface area contributed by atoms with Gasteiger partial charge in [-0.25, -0.2) is 0 Å². The third-order valence-corrected chi connectivity index (χ3v) is 3.47. The number of aryl methyl sites for hydroxylation is 1. The van der Waals surface area contributed by atoms with Crippen molar-refractivity contribution in [1.82, 2.24) is 4.57 Å². The van der Waals surface area contributed by atoms with Gasteiger partial charge in [-0.15, -0.1) is 0 Å². The number of aliphatic carboxylic acids is 1. The standard InChI is InChI=1S/C15H14ClNO3/c1-9-3-5-11(12(16)7-9)15(20)13-6-4-10(17(13)2)8-14(18)19/h3-7H,8H2,1-2H3,(H,18,19). The lowest BCUT2D eigenvalue weighted by Crippen LogP contribution is -2.12. The largest absolute Gasteiger partial charge is 0.481 e. The highest BCUT2D eigenvalue weighted by Crippen LogP contribution is 2.22. The van der Waals surface area contributed by atoms with E-state index in [1.54, 1.807) is 35.9 Å². The van der Waals surface area contributed by atoms with Crippen molar-refractivity contribution in [3.05, 3.63) is 57.9 Å². The lowest BCUT2D eigenvalue weighted by Gasteiger charge is -2.07. The molecule has 0 bridgehead atoms. The first-order chi connectivity index (χ1) is 9.40. The van der Waals surface area contributed by atoms with E-state index in [1.165, 1.54) is 0 Å². The second kappa shape index (κ2) is 5.51. The van der Waals surface area contributed by atoms with Crippen LogP contribution >= 0.6 is 11.6 Å². The van der Waals surface area contributed by atoms with Gasteiger partial charge in [0.15, 0.2) is 0 Å². The zero-order valence-corrected chi connectivity index (χ0v) is 11.9. The van der Waals surface area contributed by atoms with Crippen molar-refractivity contribution in [1.29, 1.82) is 0 Å². The van der Waals surface area contributed by atoms with Gasteiger partial charge in [-0.2, -0.15) is 0 Å². The summed E-state index contributed by atoms with van der Waals surface area (Å²) in [6.07, 6.45) is -0.120. The maximum atomic E-state index is 12.4. The number of carbonyl (C=O) groups excluding carboxylic acids is 1. The van der Waals surface area contributed by atoms with Crippen LogP contribution in [0.1, 0.15) is 27.3 Å². The number of ketones is 1. The second-order valence-electron chi connectivity index (χ2n) is 4.65. The van der Waals surface area contributed by atoms with Crippen LogP contribution in [0, 0.1) is 6.92 Å². The molecule has 2 aromatic rings. The molecule has 1 heterocycles. The van der Waals surface area contributed by atoms with Crippen LogP contribution in [-0.4, -0.2) is 21.4 Å². The van der Waals surface area contributed by atoms with E-state index in [2.05, 4.69) is 0 Å². The molecule has 104 valence electrons. The van der Waals surface area contributed by atoms with Crippen LogP contribution in [0.5, 0.6) is 0 Å². The first-order valence-corrected chi connectivity index (χ1v) is 6.45. The number of rotatable bonds is 4.